The molecule has 0 aliphatic carbocycles. The molecule has 1 aromatic rings. The van der Waals surface area contributed by atoms with E-state index in [9.17, 15) is 4.39 Å². The summed E-state index contributed by atoms with van der Waals surface area (Å²) in [6, 6.07) is 5.04. The number of nitrogens with two attached hydrogens (primary N) is 1. The van der Waals surface area contributed by atoms with E-state index < -0.39 is 0 Å². The molecule has 0 amide bonds. The van der Waals surface area contributed by atoms with Crippen molar-refractivity contribution in [2.75, 3.05) is 14.1 Å². The fraction of sp³-hybridized carbons (Fsp3) is 0.571. The molecule has 102 valence electrons. The van der Waals surface area contributed by atoms with Crippen molar-refractivity contribution in [2.24, 2.45) is 5.73 Å². The van der Waals surface area contributed by atoms with Crippen molar-refractivity contribution in [3.05, 3.63) is 34.1 Å². The number of nitrogens with zero attached hydrogens (tertiary/aromatic N) is 1. The maximum atomic E-state index is 13.5. The first-order valence-corrected chi connectivity index (χ1v) is 6.98. The Kier molecular flexibility index (Phi) is 5.32. The number of hydrogen-bond acceptors (Lipinski definition) is 2. The molecule has 0 aromatic heterocycles. The quantitative estimate of drug-likeness (QED) is 0.904. The minimum Gasteiger partial charge on any atom is -0.326 e. The molecule has 0 saturated heterocycles. The summed E-state index contributed by atoms with van der Waals surface area (Å²) in [6.45, 7) is 4.27. The average molecular weight is 317 g/mol. The second-order valence-corrected chi connectivity index (χ2v) is 5.92. The van der Waals surface area contributed by atoms with Gasteiger partial charge in [-0.05, 0) is 61.4 Å². The van der Waals surface area contributed by atoms with Gasteiger partial charge in [0.15, 0.2) is 0 Å². The molecule has 0 bridgehead atoms. The van der Waals surface area contributed by atoms with Crippen LogP contribution in [0.1, 0.15) is 25.8 Å². The van der Waals surface area contributed by atoms with Crippen LogP contribution in [0, 0.1) is 5.82 Å². The van der Waals surface area contributed by atoms with E-state index in [0.29, 0.717) is 10.9 Å². The zero-order valence-electron chi connectivity index (χ0n) is 11.5. The molecular weight excluding hydrogens is 295 g/mol. The minimum atomic E-state index is -0.234. The van der Waals surface area contributed by atoms with E-state index in [1.165, 1.54) is 6.07 Å². The molecule has 2 unspecified atom stereocenters. The number of likely N-dealkylation sites (N-methyl/N-ethyl adjacent to an activating group) is 1. The molecule has 0 aliphatic rings. The van der Waals surface area contributed by atoms with E-state index in [4.69, 9.17) is 5.73 Å². The van der Waals surface area contributed by atoms with E-state index in [0.717, 1.165) is 12.0 Å². The Morgan fingerprint density at radius 2 is 2.06 bits per heavy atom. The first-order valence-electron chi connectivity index (χ1n) is 6.18. The number of benzene rings is 1. The van der Waals surface area contributed by atoms with Gasteiger partial charge < -0.3 is 10.6 Å². The van der Waals surface area contributed by atoms with Crippen LogP contribution in [-0.2, 0) is 6.42 Å². The summed E-state index contributed by atoms with van der Waals surface area (Å²) in [5.74, 6) is -0.234. The minimum absolute atomic E-state index is 0.0457. The second-order valence-electron chi connectivity index (χ2n) is 5.13. The van der Waals surface area contributed by atoms with Gasteiger partial charge in [0.25, 0.3) is 0 Å². The molecule has 0 saturated carbocycles. The average Bonchev–Trinajstić information content (AvgIpc) is 2.33. The standard InChI is InChI=1S/C14H22BrFN2/c1-5-14(2,18(3)4)12(17)9-10-7-6-8-11(16)13(10)15/h6-8,12H,5,9,17H2,1-4H3. The van der Waals surface area contributed by atoms with Crippen molar-refractivity contribution in [3.63, 3.8) is 0 Å². The number of hydrogen-bond donors (Lipinski definition) is 1. The Labute approximate surface area is 117 Å². The molecule has 2 atom stereocenters. The summed E-state index contributed by atoms with van der Waals surface area (Å²) in [4.78, 5) is 2.14. The molecule has 2 N–H and O–H groups in total. The first-order chi connectivity index (χ1) is 8.32. The van der Waals surface area contributed by atoms with Gasteiger partial charge in [0.2, 0.25) is 0 Å². The Hall–Kier alpha value is -0.450. The van der Waals surface area contributed by atoms with Crippen molar-refractivity contribution in [1.29, 1.82) is 0 Å². The molecule has 1 aromatic carbocycles. The van der Waals surface area contributed by atoms with Crippen molar-refractivity contribution >= 4 is 15.9 Å². The molecule has 0 radical (unpaired) electrons. The van der Waals surface area contributed by atoms with Crippen LogP contribution in [0.15, 0.2) is 22.7 Å². The summed E-state index contributed by atoms with van der Waals surface area (Å²) in [5.41, 5.74) is 7.16. The fourth-order valence-electron chi connectivity index (χ4n) is 2.07. The number of rotatable bonds is 5. The van der Waals surface area contributed by atoms with Crippen molar-refractivity contribution in [3.8, 4) is 0 Å². The lowest BCUT2D eigenvalue weighted by Crippen LogP contribution is -2.55. The molecule has 0 fully saturated rings. The van der Waals surface area contributed by atoms with Gasteiger partial charge >= 0.3 is 0 Å². The summed E-state index contributed by atoms with van der Waals surface area (Å²) in [6.07, 6.45) is 1.61. The monoisotopic (exact) mass is 316 g/mol. The van der Waals surface area contributed by atoms with Crippen LogP contribution in [0.4, 0.5) is 4.39 Å². The maximum absolute atomic E-state index is 13.5. The molecule has 1 rings (SSSR count). The van der Waals surface area contributed by atoms with Crippen LogP contribution in [0.5, 0.6) is 0 Å². The lowest BCUT2D eigenvalue weighted by molar-refractivity contribution is 0.131. The van der Waals surface area contributed by atoms with Crippen LogP contribution in [0.3, 0.4) is 0 Å². The zero-order valence-corrected chi connectivity index (χ0v) is 13.1. The molecule has 0 spiro atoms. The largest absolute Gasteiger partial charge is 0.326 e. The third kappa shape index (κ3) is 3.11. The molecule has 2 nitrogen and oxygen atoms in total. The Morgan fingerprint density at radius 1 is 1.44 bits per heavy atom. The fourth-order valence-corrected chi connectivity index (χ4v) is 2.50. The van der Waals surface area contributed by atoms with Crippen molar-refractivity contribution in [1.82, 2.24) is 4.90 Å². The van der Waals surface area contributed by atoms with Crippen molar-refractivity contribution in [2.45, 2.75) is 38.3 Å². The third-order valence-electron chi connectivity index (χ3n) is 4.01. The van der Waals surface area contributed by atoms with E-state index >= 15 is 0 Å². The third-order valence-corrected chi connectivity index (χ3v) is 4.90. The molecule has 18 heavy (non-hydrogen) atoms. The Bertz CT molecular complexity index is 409. The predicted molar refractivity (Wildman–Crippen MR) is 78.2 cm³/mol. The van der Waals surface area contributed by atoms with Gasteiger partial charge in [0, 0.05) is 11.6 Å². The predicted octanol–water partition coefficient (Wildman–Crippen LogP) is 3.19. The zero-order chi connectivity index (χ0) is 13.9. The van der Waals surface area contributed by atoms with Gasteiger partial charge in [-0.25, -0.2) is 4.39 Å². The summed E-state index contributed by atoms with van der Waals surface area (Å²) in [7, 11) is 4.06. The van der Waals surface area contributed by atoms with Gasteiger partial charge in [0.05, 0.1) is 4.47 Å². The van der Waals surface area contributed by atoms with Gasteiger partial charge in [-0.3, -0.25) is 0 Å². The second kappa shape index (κ2) is 6.13. The highest BCUT2D eigenvalue weighted by atomic mass is 79.9. The lowest BCUT2D eigenvalue weighted by Gasteiger charge is -2.41. The molecule has 0 heterocycles. The molecular formula is C14H22BrFN2. The number of halogens is 2. The molecule has 0 aliphatic heterocycles. The van der Waals surface area contributed by atoms with E-state index in [1.807, 2.05) is 20.2 Å². The van der Waals surface area contributed by atoms with Crippen LogP contribution in [-0.4, -0.2) is 30.6 Å². The first kappa shape index (κ1) is 15.6. The highest BCUT2D eigenvalue weighted by Gasteiger charge is 2.32. The lowest BCUT2D eigenvalue weighted by atomic mass is 9.85. The van der Waals surface area contributed by atoms with E-state index in [-0.39, 0.29) is 17.4 Å². The Morgan fingerprint density at radius 3 is 2.56 bits per heavy atom. The van der Waals surface area contributed by atoms with Crippen molar-refractivity contribution < 1.29 is 4.39 Å². The van der Waals surface area contributed by atoms with Crippen LogP contribution < -0.4 is 5.73 Å². The summed E-state index contributed by atoms with van der Waals surface area (Å²) >= 11 is 3.29. The Balaban J connectivity index is 2.93. The smallest absolute Gasteiger partial charge is 0.137 e. The topological polar surface area (TPSA) is 29.3 Å². The SMILES string of the molecule is CCC(C)(C(N)Cc1cccc(F)c1Br)N(C)C. The maximum Gasteiger partial charge on any atom is 0.137 e. The van der Waals surface area contributed by atoms with Gasteiger partial charge in [0.1, 0.15) is 5.82 Å². The highest BCUT2D eigenvalue weighted by Crippen LogP contribution is 2.26. The van der Waals surface area contributed by atoms with Crippen LogP contribution >= 0.6 is 15.9 Å². The van der Waals surface area contributed by atoms with Crippen LogP contribution in [0.2, 0.25) is 0 Å². The van der Waals surface area contributed by atoms with E-state index in [2.05, 4.69) is 34.7 Å². The van der Waals surface area contributed by atoms with Gasteiger partial charge in [-0.2, -0.15) is 0 Å². The van der Waals surface area contributed by atoms with Gasteiger partial charge in [-0.1, -0.05) is 19.1 Å². The molecule has 4 heteroatoms. The van der Waals surface area contributed by atoms with Crippen LogP contribution in [0.25, 0.3) is 0 Å². The summed E-state index contributed by atoms with van der Waals surface area (Å²) < 4.78 is 14.0. The van der Waals surface area contributed by atoms with E-state index in [1.54, 1.807) is 6.07 Å². The summed E-state index contributed by atoms with van der Waals surface area (Å²) in [5, 5.41) is 0. The normalized spacial score (nSPS) is 16.7. The highest BCUT2D eigenvalue weighted by molar-refractivity contribution is 9.10. The van der Waals surface area contributed by atoms with Gasteiger partial charge in [-0.15, -0.1) is 0 Å².